The number of amides is 1. The van der Waals surface area contributed by atoms with Crippen molar-refractivity contribution in [3.8, 4) is 5.69 Å². The maximum absolute atomic E-state index is 13.1. The Labute approximate surface area is 200 Å². The van der Waals surface area contributed by atoms with Gasteiger partial charge in [-0.1, -0.05) is 30.3 Å². The van der Waals surface area contributed by atoms with E-state index in [0.29, 0.717) is 48.0 Å². The third kappa shape index (κ3) is 4.48. The number of likely N-dealkylation sites (tertiary alicyclic amines) is 1. The molecule has 1 saturated heterocycles. The first kappa shape index (κ1) is 23.0. The van der Waals surface area contributed by atoms with Crippen LogP contribution in [0.25, 0.3) is 16.7 Å². The molecule has 3 N–H and O–H groups in total. The zero-order chi connectivity index (χ0) is 24.6. The molecule has 1 amide bonds. The smallest absolute Gasteiger partial charge is 0.423 e. The lowest BCUT2D eigenvalue weighted by Gasteiger charge is -2.38. The molecule has 5 rings (SSSR count). The largest absolute Gasteiger partial charge is 0.488 e. The van der Waals surface area contributed by atoms with E-state index in [0.717, 1.165) is 5.69 Å². The van der Waals surface area contributed by atoms with Crippen LogP contribution in [0.5, 0.6) is 0 Å². The van der Waals surface area contributed by atoms with E-state index in [2.05, 4.69) is 10.1 Å². The summed E-state index contributed by atoms with van der Waals surface area (Å²) in [6, 6.07) is 15.5. The van der Waals surface area contributed by atoms with Crippen LogP contribution >= 0.6 is 0 Å². The van der Waals surface area contributed by atoms with Gasteiger partial charge in [0.15, 0.2) is 5.65 Å². The second-order valence-corrected chi connectivity index (χ2v) is 8.82. The fourth-order valence-electron chi connectivity index (χ4n) is 4.40. The Morgan fingerprint density at radius 2 is 1.71 bits per heavy atom. The average Bonchev–Trinajstić information content (AvgIpc) is 3.31. The zero-order valence-electron chi connectivity index (χ0n) is 18.9. The van der Waals surface area contributed by atoms with Crippen molar-refractivity contribution in [3.05, 3.63) is 83.0 Å². The first-order valence-electron chi connectivity index (χ1n) is 11.3. The summed E-state index contributed by atoms with van der Waals surface area (Å²) in [5.74, 6) is -0.195. The number of hydrogen-bond acceptors (Lipinski definition) is 7. The molecule has 11 heteroatoms. The fraction of sp³-hybridized carbons (Fsp3) is 0.250. The molecule has 10 nitrogen and oxygen atoms in total. The molecule has 0 unspecified atom stereocenters. The quantitative estimate of drug-likeness (QED) is 0.346. The molecular formula is C24H24BN5O5. The lowest BCUT2D eigenvalue weighted by atomic mass is 9.80. The Bertz CT molecular complexity index is 1410. The highest BCUT2D eigenvalue weighted by Gasteiger charge is 2.35. The standard InChI is InChI=1S/C24H24BN5O5/c31-22(17-6-8-18(9-7-17)25(34)35)28-12-10-24(33,11-13-28)15-29-16-26-21-20(23(29)32)14-27-30(21)19-4-2-1-3-5-19/h1-9,14,16,33-35H,10-13,15H2. The summed E-state index contributed by atoms with van der Waals surface area (Å²) in [5.41, 5.74) is 0.543. The molecule has 2 aromatic heterocycles. The van der Waals surface area contributed by atoms with Crippen molar-refractivity contribution in [1.82, 2.24) is 24.2 Å². The highest BCUT2D eigenvalue weighted by Crippen LogP contribution is 2.25. The van der Waals surface area contributed by atoms with Crippen LogP contribution < -0.4 is 11.0 Å². The number of benzene rings is 2. The normalized spacial score (nSPS) is 15.3. The Kier molecular flexibility index (Phi) is 5.97. The van der Waals surface area contributed by atoms with Crippen molar-refractivity contribution in [2.75, 3.05) is 13.1 Å². The zero-order valence-corrected chi connectivity index (χ0v) is 18.9. The number of hydrogen-bond donors (Lipinski definition) is 3. The van der Waals surface area contributed by atoms with E-state index in [-0.39, 0.29) is 18.0 Å². The van der Waals surface area contributed by atoms with E-state index in [9.17, 15) is 24.7 Å². The van der Waals surface area contributed by atoms with Crippen molar-refractivity contribution in [3.63, 3.8) is 0 Å². The van der Waals surface area contributed by atoms with Gasteiger partial charge in [0.05, 0.1) is 24.0 Å². The molecule has 4 aromatic rings. The number of fused-ring (bicyclic) bond motifs is 1. The first-order chi connectivity index (χ1) is 16.8. The molecule has 2 aromatic carbocycles. The molecule has 0 aliphatic carbocycles. The van der Waals surface area contributed by atoms with E-state index >= 15 is 0 Å². The Balaban J connectivity index is 1.29. The van der Waals surface area contributed by atoms with Crippen molar-refractivity contribution >= 4 is 29.5 Å². The minimum atomic E-state index is -1.59. The predicted octanol–water partition coefficient (Wildman–Crippen LogP) is -0.0707. The number of para-hydroxylation sites is 1. The molecule has 178 valence electrons. The van der Waals surface area contributed by atoms with Gasteiger partial charge in [0.25, 0.3) is 11.5 Å². The number of carbonyl (C=O) groups excluding carboxylic acids is 1. The van der Waals surface area contributed by atoms with Crippen LogP contribution in [0.15, 0.2) is 71.9 Å². The van der Waals surface area contributed by atoms with Gasteiger partial charge in [-0.05, 0) is 42.6 Å². The van der Waals surface area contributed by atoms with E-state index in [1.54, 1.807) is 21.7 Å². The average molecular weight is 473 g/mol. The minimum Gasteiger partial charge on any atom is -0.423 e. The van der Waals surface area contributed by atoms with Gasteiger partial charge in [-0.25, -0.2) is 9.67 Å². The maximum atomic E-state index is 13.1. The number of piperidine rings is 1. The van der Waals surface area contributed by atoms with Crippen LogP contribution in [0.2, 0.25) is 0 Å². The number of rotatable bonds is 5. The molecule has 0 bridgehead atoms. The summed E-state index contributed by atoms with van der Waals surface area (Å²) in [6.45, 7) is 0.725. The topological polar surface area (TPSA) is 134 Å². The lowest BCUT2D eigenvalue weighted by molar-refractivity contribution is -0.0299. The molecule has 0 radical (unpaired) electrons. The molecular weight excluding hydrogens is 449 g/mol. The number of carbonyl (C=O) groups is 1. The lowest BCUT2D eigenvalue weighted by Crippen LogP contribution is -2.49. The summed E-state index contributed by atoms with van der Waals surface area (Å²) in [6.07, 6.45) is 3.53. The molecule has 1 fully saturated rings. The Morgan fingerprint density at radius 1 is 1.03 bits per heavy atom. The van der Waals surface area contributed by atoms with Crippen LogP contribution in [-0.4, -0.2) is 71.1 Å². The maximum Gasteiger partial charge on any atom is 0.488 e. The number of aromatic nitrogens is 4. The molecule has 0 atom stereocenters. The van der Waals surface area contributed by atoms with E-state index in [4.69, 9.17) is 0 Å². The van der Waals surface area contributed by atoms with Gasteiger partial charge in [0.1, 0.15) is 11.7 Å². The van der Waals surface area contributed by atoms with Gasteiger partial charge < -0.3 is 20.1 Å². The van der Waals surface area contributed by atoms with Crippen molar-refractivity contribution < 1.29 is 19.9 Å². The second kappa shape index (κ2) is 9.10. The summed E-state index contributed by atoms with van der Waals surface area (Å²) in [4.78, 5) is 32.0. The third-order valence-corrected chi connectivity index (χ3v) is 6.46. The molecule has 0 spiro atoms. The summed E-state index contributed by atoms with van der Waals surface area (Å²) in [5, 5.41) is 34.3. The van der Waals surface area contributed by atoms with Crippen LogP contribution in [0.4, 0.5) is 0 Å². The fourth-order valence-corrected chi connectivity index (χ4v) is 4.40. The summed E-state index contributed by atoms with van der Waals surface area (Å²) < 4.78 is 3.00. The van der Waals surface area contributed by atoms with Crippen LogP contribution in [0, 0.1) is 0 Å². The molecule has 35 heavy (non-hydrogen) atoms. The molecule has 1 aliphatic rings. The SMILES string of the molecule is O=C(c1ccc(B(O)O)cc1)N1CCC(O)(Cn2cnc3c(cnn3-c3ccccc3)c2=O)CC1. The van der Waals surface area contributed by atoms with Crippen LogP contribution in [-0.2, 0) is 6.54 Å². The first-order valence-corrected chi connectivity index (χ1v) is 11.3. The van der Waals surface area contributed by atoms with Gasteiger partial charge in [0.2, 0.25) is 0 Å². The van der Waals surface area contributed by atoms with E-state index in [1.165, 1.54) is 29.2 Å². The van der Waals surface area contributed by atoms with Crippen molar-refractivity contribution in [2.45, 2.75) is 25.0 Å². The van der Waals surface area contributed by atoms with Gasteiger partial charge in [-0.2, -0.15) is 5.10 Å². The molecule has 1 aliphatic heterocycles. The highest BCUT2D eigenvalue weighted by molar-refractivity contribution is 6.58. The predicted molar refractivity (Wildman–Crippen MR) is 129 cm³/mol. The van der Waals surface area contributed by atoms with Gasteiger partial charge in [-0.15, -0.1) is 0 Å². The highest BCUT2D eigenvalue weighted by atomic mass is 16.4. The Hall–Kier alpha value is -3.80. The monoisotopic (exact) mass is 473 g/mol. The summed E-state index contributed by atoms with van der Waals surface area (Å²) >= 11 is 0. The number of aliphatic hydroxyl groups is 1. The minimum absolute atomic E-state index is 0.0659. The number of nitrogens with zero attached hydrogens (tertiary/aromatic N) is 5. The van der Waals surface area contributed by atoms with Gasteiger partial charge >= 0.3 is 7.12 Å². The molecule has 0 saturated carbocycles. The second-order valence-electron chi connectivity index (χ2n) is 8.82. The van der Waals surface area contributed by atoms with Crippen molar-refractivity contribution in [2.24, 2.45) is 0 Å². The van der Waals surface area contributed by atoms with E-state index in [1.807, 2.05) is 30.3 Å². The van der Waals surface area contributed by atoms with Crippen LogP contribution in [0.1, 0.15) is 23.2 Å². The van der Waals surface area contributed by atoms with E-state index < -0.39 is 12.7 Å². The molecule has 3 heterocycles. The summed E-state index contributed by atoms with van der Waals surface area (Å²) in [7, 11) is -1.59. The van der Waals surface area contributed by atoms with Crippen LogP contribution in [0.3, 0.4) is 0 Å². The van der Waals surface area contributed by atoms with Gasteiger partial charge in [0, 0.05) is 18.7 Å². The third-order valence-electron chi connectivity index (χ3n) is 6.46. The van der Waals surface area contributed by atoms with Crippen molar-refractivity contribution in [1.29, 1.82) is 0 Å². The Morgan fingerprint density at radius 3 is 2.37 bits per heavy atom. The van der Waals surface area contributed by atoms with Gasteiger partial charge in [-0.3, -0.25) is 14.2 Å².